The van der Waals surface area contributed by atoms with E-state index in [1.54, 1.807) is 0 Å². The zero-order valence-electron chi connectivity index (χ0n) is 14.0. The largest absolute Gasteiger partial charge is 0.338 e. The molecular weight excluding hydrogens is 333 g/mol. The van der Waals surface area contributed by atoms with Gasteiger partial charge in [0.1, 0.15) is 0 Å². The minimum absolute atomic E-state index is 0.268. The number of hydrogen-bond donors (Lipinski definition) is 0. The fraction of sp³-hybridized carbons (Fsp3) is 0.438. The Kier molecular flexibility index (Phi) is 6.09. The standard InChI is InChI=1S/C16H20FN3O3S/c1-5-24-16(22-3,23-4)14(21)13-15(17)18-19-20(13)11(2)12-9-7-6-8-10-12/h6-11H,5H2,1-4H3/t11-/m1/s1. The molecule has 0 N–H and O–H groups in total. The van der Waals surface area contributed by atoms with E-state index in [1.807, 2.05) is 44.2 Å². The van der Waals surface area contributed by atoms with Crippen LogP contribution in [0.15, 0.2) is 30.3 Å². The van der Waals surface area contributed by atoms with Gasteiger partial charge in [-0.05, 0) is 18.2 Å². The van der Waals surface area contributed by atoms with Crippen molar-refractivity contribution < 1.29 is 18.7 Å². The molecule has 0 aliphatic rings. The van der Waals surface area contributed by atoms with Crippen LogP contribution in [0.25, 0.3) is 0 Å². The van der Waals surface area contributed by atoms with Gasteiger partial charge in [-0.1, -0.05) is 59.3 Å². The van der Waals surface area contributed by atoms with Crippen LogP contribution in [-0.4, -0.2) is 45.9 Å². The molecule has 8 heteroatoms. The molecule has 0 aliphatic heterocycles. The Hall–Kier alpha value is -1.77. The lowest BCUT2D eigenvalue weighted by Crippen LogP contribution is -2.41. The van der Waals surface area contributed by atoms with E-state index >= 15 is 0 Å². The number of methoxy groups -OCH3 is 2. The first-order valence-corrected chi connectivity index (χ1v) is 8.44. The summed E-state index contributed by atoms with van der Waals surface area (Å²) in [6, 6.07) is 8.98. The number of carbonyl (C=O) groups is 1. The van der Waals surface area contributed by atoms with Crippen LogP contribution in [0.1, 0.15) is 35.9 Å². The molecule has 24 heavy (non-hydrogen) atoms. The Morgan fingerprint density at radius 1 is 1.33 bits per heavy atom. The molecule has 0 saturated carbocycles. The predicted molar refractivity (Wildman–Crippen MR) is 89.4 cm³/mol. The number of nitrogens with zero attached hydrogens (tertiary/aromatic N) is 3. The van der Waals surface area contributed by atoms with Crippen molar-refractivity contribution in [3.05, 3.63) is 47.5 Å². The summed E-state index contributed by atoms with van der Waals surface area (Å²) in [5, 5.41) is 5.60. The topological polar surface area (TPSA) is 66.2 Å². The van der Waals surface area contributed by atoms with Crippen LogP contribution in [0.3, 0.4) is 0 Å². The Morgan fingerprint density at radius 2 is 1.96 bits per heavy atom. The molecule has 0 fully saturated rings. The average molecular weight is 353 g/mol. The maximum absolute atomic E-state index is 14.2. The van der Waals surface area contributed by atoms with E-state index in [2.05, 4.69) is 10.3 Å². The van der Waals surface area contributed by atoms with Gasteiger partial charge >= 0.3 is 0 Å². The fourth-order valence-electron chi connectivity index (χ4n) is 2.40. The Bertz CT molecular complexity index is 689. The lowest BCUT2D eigenvalue weighted by atomic mass is 10.1. The minimum Gasteiger partial charge on any atom is -0.338 e. The van der Waals surface area contributed by atoms with Crippen LogP contribution in [0.2, 0.25) is 0 Å². The highest BCUT2D eigenvalue weighted by Crippen LogP contribution is 2.32. The minimum atomic E-state index is -1.63. The fourth-order valence-corrected chi connectivity index (χ4v) is 3.25. The first-order chi connectivity index (χ1) is 11.5. The second-order valence-corrected chi connectivity index (χ2v) is 6.39. The molecule has 2 aromatic rings. The highest BCUT2D eigenvalue weighted by Gasteiger charge is 2.44. The van der Waals surface area contributed by atoms with Gasteiger partial charge in [-0.15, -0.1) is 0 Å². The number of Topliss-reactive ketones (excluding diaryl/α,β-unsaturated/α-hetero) is 1. The quantitative estimate of drug-likeness (QED) is 0.537. The molecule has 0 saturated heterocycles. The number of aromatic nitrogens is 3. The summed E-state index contributed by atoms with van der Waals surface area (Å²) >= 11 is 1.13. The number of ketones is 1. The second-order valence-electron chi connectivity index (χ2n) is 4.99. The number of ether oxygens (including phenoxy) is 2. The molecule has 0 aliphatic carbocycles. The van der Waals surface area contributed by atoms with Gasteiger partial charge < -0.3 is 9.47 Å². The molecule has 1 atom stereocenters. The molecule has 1 aromatic carbocycles. The summed E-state index contributed by atoms with van der Waals surface area (Å²) in [5.74, 6) is -1.06. The summed E-state index contributed by atoms with van der Waals surface area (Å²) in [4.78, 5) is 12.9. The zero-order chi connectivity index (χ0) is 17.7. The van der Waals surface area contributed by atoms with E-state index in [0.29, 0.717) is 5.75 Å². The molecule has 130 valence electrons. The SMILES string of the molecule is CCSC(OC)(OC)C(=O)c1c(F)nnn1[C@H](C)c1ccccc1. The third kappa shape index (κ3) is 3.35. The summed E-state index contributed by atoms with van der Waals surface area (Å²) < 4.78 is 26.0. The highest BCUT2D eigenvalue weighted by molar-refractivity contribution is 8.01. The van der Waals surface area contributed by atoms with E-state index in [1.165, 1.54) is 18.9 Å². The van der Waals surface area contributed by atoms with E-state index in [9.17, 15) is 9.18 Å². The van der Waals surface area contributed by atoms with Gasteiger partial charge in [0.25, 0.3) is 16.9 Å². The third-order valence-corrected chi connectivity index (χ3v) is 4.85. The van der Waals surface area contributed by atoms with Crippen LogP contribution >= 0.6 is 11.8 Å². The van der Waals surface area contributed by atoms with Gasteiger partial charge in [-0.25, -0.2) is 4.68 Å². The van der Waals surface area contributed by atoms with Gasteiger partial charge in [0, 0.05) is 14.2 Å². The summed E-state index contributed by atoms with van der Waals surface area (Å²) in [6.45, 7) is 3.66. The summed E-state index contributed by atoms with van der Waals surface area (Å²) in [5.41, 5.74) is 0.607. The van der Waals surface area contributed by atoms with Gasteiger partial charge in [-0.3, -0.25) is 4.79 Å². The van der Waals surface area contributed by atoms with Gasteiger partial charge in [-0.2, -0.15) is 4.39 Å². The maximum Gasteiger partial charge on any atom is 0.286 e. The maximum atomic E-state index is 14.2. The summed E-state index contributed by atoms with van der Waals surface area (Å²) in [6.07, 6.45) is 0. The number of carbonyl (C=O) groups excluding carboxylic acids is 1. The van der Waals surface area contributed by atoms with Gasteiger partial charge in [0.05, 0.1) is 6.04 Å². The van der Waals surface area contributed by atoms with E-state index < -0.39 is 16.9 Å². The van der Waals surface area contributed by atoms with Crippen LogP contribution in [0, 0.1) is 5.95 Å². The van der Waals surface area contributed by atoms with Crippen molar-refractivity contribution in [2.24, 2.45) is 0 Å². The van der Waals surface area contributed by atoms with Gasteiger partial charge in [0.15, 0.2) is 5.69 Å². The first-order valence-electron chi connectivity index (χ1n) is 7.45. The van der Waals surface area contributed by atoms with Crippen LogP contribution in [0.4, 0.5) is 4.39 Å². The van der Waals surface area contributed by atoms with Gasteiger partial charge in [0.2, 0.25) is 0 Å². The van der Waals surface area contributed by atoms with Crippen LogP contribution in [0.5, 0.6) is 0 Å². The number of thioether (sulfide) groups is 1. The van der Waals surface area contributed by atoms with Crippen molar-refractivity contribution in [3.63, 3.8) is 0 Å². The Morgan fingerprint density at radius 3 is 2.50 bits per heavy atom. The Balaban J connectivity index is 2.48. The highest BCUT2D eigenvalue weighted by atomic mass is 32.2. The van der Waals surface area contributed by atoms with Crippen LogP contribution in [-0.2, 0) is 9.47 Å². The number of hydrogen-bond acceptors (Lipinski definition) is 6. The van der Waals surface area contributed by atoms with Crippen LogP contribution < -0.4 is 0 Å². The zero-order valence-corrected chi connectivity index (χ0v) is 14.8. The van der Waals surface area contributed by atoms with E-state index in [-0.39, 0.29) is 11.7 Å². The van der Waals surface area contributed by atoms with Crippen molar-refractivity contribution in [2.45, 2.75) is 25.0 Å². The summed E-state index contributed by atoms with van der Waals surface area (Å²) in [7, 11) is 2.69. The second kappa shape index (κ2) is 7.87. The molecule has 2 rings (SSSR count). The predicted octanol–water partition coefficient (Wildman–Crippen LogP) is 2.91. The van der Waals surface area contributed by atoms with Crippen molar-refractivity contribution in [2.75, 3.05) is 20.0 Å². The molecule has 0 amide bonds. The van der Waals surface area contributed by atoms with Crippen molar-refractivity contribution in [1.82, 2.24) is 15.0 Å². The Labute approximate surface area is 144 Å². The van der Waals surface area contributed by atoms with Crippen molar-refractivity contribution in [1.29, 1.82) is 0 Å². The lowest BCUT2D eigenvalue weighted by molar-refractivity contribution is -0.102. The monoisotopic (exact) mass is 353 g/mol. The molecule has 0 unspecified atom stereocenters. The van der Waals surface area contributed by atoms with Crippen molar-refractivity contribution >= 4 is 17.5 Å². The lowest BCUT2D eigenvalue weighted by Gasteiger charge is -2.28. The molecule has 1 heterocycles. The molecule has 1 aromatic heterocycles. The van der Waals surface area contributed by atoms with E-state index in [4.69, 9.17) is 9.47 Å². The number of rotatable bonds is 8. The first kappa shape index (κ1) is 18.6. The molecule has 0 bridgehead atoms. The number of benzene rings is 1. The molecular formula is C16H20FN3O3S. The average Bonchev–Trinajstić information content (AvgIpc) is 3.00. The third-order valence-electron chi connectivity index (χ3n) is 3.67. The number of halogens is 1. The molecule has 0 radical (unpaired) electrons. The smallest absolute Gasteiger partial charge is 0.286 e. The molecule has 6 nitrogen and oxygen atoms in total. The van der Waals surface area contributed by atoms with E-state index in [0.717, 1.165) is 17.3 Å². The van der Waals surface area contributed by atoms with Crippen molar-refractivity contribution in [3.8, 4) is 0 Å². The normalized spacial score (nSPS) is 13.0. The molecule has 0 spiro atoms.